The van der Waals surface area contributed by atoms with E-state index in [-0.39, 0.29) is 22.5 Å². The molecule has 0 saturated carbocycles. The minimum atomic E-state index is -0.546. The lowest BCUT2D eigenvalue weighted by Gasteiger charge is -2.34. The van der Waals surface area contributed by atoms with Crippen LogP contribution in [0.25, 0.3) is 38.6 Å². The average molecular weight is 544 g/mol. The summed E-state index contributed by atoms with van der Waals surface area (Å²) in [6.07, 6.45) is 8.99. The Kier molecular flexibility index (Phi) is 7.00. The van der Waals surface area contributed by atoms with Crippen LogP contribution in [-0.2, 0) is 6.42 Å². The van der Waals surface area contributed by atoms with Crippen molar-refractivity contribution < 1.29 is 8.78 Å². The third-order valence-electron chi connectivity index (χ3n) is 8.18. The van der Waals surface area contributed by atoms with E-state index in [4.69, 9.17) is 16.6 Å². The molecule has 40 heavy (non-hydrogen) atoms. The first kappa shape index (κ1) is 26.4. The van der Waals surface area contributed by atoms with E-state index < -0.39 is 11.6 Å². The molecule has 6 bridgehead atoms. The summed E-state index contributed by atoms with van der Waals surface area (Å²) in [7, 11) is 0. The van der Waals surface area contributed by atoms with E-state index in [1.165, 1.54) is 11.1 Å². The van der Waals surface area contributed by atoms with E-state index in [0.29, 0.717) is 41.0 Å². The van der Waals surface area contributed by atoms with Crippen LogP contribution in [0.5, 0.6) is 0 Å². The van der Waals surface area contributed by atoms with Crippen LogP contribution in [0, 0.1) is 24.5 Å². The van der Waals surface area contributed by atoms with E-state index in [1.807, 2.05) is 26.0 Å². The quantitative estimate of drug-likeness (QED) is 0.292. The highest BCUT2D eigenvalue weighted by atomic mass is 19.1. The Bertz CT molecular complexity index is 1630. The highest BCUT2D eigenvalue weighted by Crippen LogP contribution is 2.39. The molecule has 1 saturated heterocycles. The van der Waals surface area contributed by atoms with Gasteiger partial charge < -0.3 is 15.6 Å². The van der Waals surface area contributed by atoms with E-state index in [9.17, 15) is 0 Å². The van der Waals surface area contributed by atoms with Gasteiger partial charge in [-0.1, -0.05) is 25.5 Å². The van der Waals surface area contributed by atoms with Crippen LogP contribution in [0.15, 0.2) is 36.7 Å². The van der Waals surface area contributed by atoms with Gasteiger partial charge in [0.15, 0.2) is 5.82 Å². The molecule has 5 heterocycles. The summed E-state index contributed by atoms with van der Waals surface area (Å²) in [5.41, 5.74) is 8.56. The Labute approximate surface area is 232 Å². The predicted molar refractivity (Wildman–Crippen MR) is 156 cm³/mol. The number of rotatable bonds is 1. The molecule has 1 fully saturated rings. The molecular formula is C31H35F2N7. The third kappa shape index (κ3) is 4.72. The number of aromatic nitrogens is 3. The molecule has 0 radical (unpaired) electrons. The number of pyridine rings is 1. The Balaban J connectivity index is 1.66. The average Bonchev–Trinajstić information content (AvgIpc) is 2.94. The van der Waals surface area contributed by atoms with Crippen molar-refractivity contribution in [2.45, 2.75) is 52.4 Å². The van der Waals surface area contributed by atoms with Gasteiger partial charge in [0, 0.05) is 55.0 Å². The number of nitrogens with zero attached hydrogens (tertiary/aromatic N) is 5. The number of anilines is 1. The van der Waals surface area contributed by atoms with Gasteiger partial charge in [-0.2, -0.15) is 0 Å². The zero-order chi connectivity index (χ0) is 28.0. The van der Waals surface area contributed by atoms with E-state index in [1.54, 1.807) is 18.5 Å². The highest BCUT2D eigenvalue weighted by Gasteiger charge is 2.26. The zero-order valence-electron chi connectivity index (χ0n) is 23.1. The van der Waals surface area contributed by atoms with E-state index in [2.05, 4.69) is 14.9 Å². The van der Waals surface area contributed by atoms with Crippen molar-refractivity contribution in [1.82, 2.24) is 20.0 Å². The number of piperidine rings is 1. The molecule has 208 valence electrons. The van der Waals surface area contributed by atoms with Gasteiger partial charge in [0.25, 0.3) is 0 Å². The van der Waals surface area contributed by atoms with Crippen molar-refractivity contribution in [1.29, 1.82) is 0 Å². The minimum absolute atomic E-state index is 0.106. The Morgan fingerprint density at radius 3 is 2.70 bits per heavy atom. The fourth-order valence-corrected chi connectivity index (χ4v) is 6.26. The second-order valence-corrected chi connectivity index (χ2v) is 11.1. The molecule has 4 aromatic rings. The lowest BCUT2D eigenvalue weighted by Crippen LogP contribution is -2.36. The summed E-state index contributed by atoms with van der Waals surface area (Å²) in [4.78, 5) is 16.4. The standard InChI is InChI=1S/C31H35F2N7/c1-3-25-37-30-22-15-36-29(28(30)33)21-14-18(2)13-20-9-10-23(32)27(26(20)21)24(34)17-40(35)12-5-4-7-19-8-6-11-39(16-19)31(22)38-25/h9-10,13-15,17,19H,3-8,11-12,16,34-35H2,1-2H3/b24-17-. The Morgan fingerprint density at radius 1 is 1.05 bits per heavy atom. The maximum Gasteiger partial charge on any atom is 0.175 e. The second-order valence-electron chi connectivity index (χ2n) is 11.1. The van der Waals surface area contributed by atoms with Crippen LogP contribution in [0.2, 0.25) is 0 Å². The normalized spacial score (nSPS) is 19.6. The molecule has 9 heteroatoms. The third-order valence-corrected chi connectivity index (χ3v) is 8.18. The van der Waals surface area contributed by atoms with Crippen LogP contribution >= 0.6 is 0 Å². The van der Waals surface area contributed by atoms with Crippen LogP contribution < -0.4 is 16.5 Å². The molecule has 7 nitrogen and oxygen atoms in total. The highest BCUT2D eigenvalue weighted by molar-refractivity contribution is 6.05. The van der Waals surface area contributed by atoms with Gasteiger partial charge in [0.2, 0.25) is 0 Å². The predicted octanol–water partition coefficient (Wildman–Crippen LogP) is 5.83. The lowest BCUT2D eigenvalue weighted by atomic mass is 9.92. The zero-order valence-corrected chi connectivity index (χ0v) is 23.1. The van der Waals surface area contributed by atoms with Gasteiger partial charge in [-0.15, -0.1) is 0 Å². The van der Waals surface area contributed by atoms with Crippen molar-refractivity contribution in [2.24, 2.45) is 17.5 Å². The first-order valence-corrected chi connectivity index (χ1v) is 14.2. The number of hydrogen-bond donors (Lipinski definition) is 2. The Hall–Kier alpha value is -3.85. The number of halogens is 2. The molecule has 1 atom stereocenters. The molecule has 0 spiro atoms. The molecule has 2 aromatic carbocycles. The largest absolute Gasteiger partial charge is 0.397 e. The molecule has 0 aliphatic carbocycles. The number of nitrogens with two attached hydrogens (primary N) is 2. The number of fused-ring (bicyclic) bond motifs is 6. The summed E-state index contributed by atoms with van der Waals surface area (Å²) in [5, 5.41) is 3.34. The summed E-state index contributed by atoms with van der Waals surface area (Å²) in [6.45, 7) is 6.22. The number of aryl methyl sites for hydroxylation is 2. The van der Waals surface area contributed by atoms with Crippen LogP contribution in [-0.4, -0.2) is 39.6 Å². The summed E-state index contributed by atoms with van der Waals surface area (Å²) in [5.74, 6) is 7.07. The van der Waals surface area contributed by atoms with E-state index >= 15 is 8.78 Å². The SMILES string of the molecule is CCc1nc2c3cnc(c(F)c3n1)-c1cc(C)cc3ccc(F)c(c13)/C(N)=C/N(N)CCCCC1CCCN2C1. The van der Waals surface area contributed by atoms with Crippen LogP contribution in [0.4, 0.5) is 14.6 Å². The van der Waals surface area contributed by atoms with Crippen molar-refractivity contribution in [3.8, 4) is 11.3 Å². The first-order chi connectivity index (χ1) is 19.3. The molecule has 0 amide bonds. The topological polar surface area (TPSA) is 97.2 Å². The van der Waals surface area contributed by atoms with Crippen molar-refractivity contribution >= 4 is 33.2 Å². The minimum Gasteiger partial charge on any atom is -0.397 e. The second kappa shape index (κ2) is 10.6. The Morgan fingerprint density at radius 2 is 1.88 bits per heavy atom. The maximum absolute atomic E-state index is 16.6. The van der Waals surface area contributed by atoms with E-state index in [0.717, 1.165) is 62.0 Å². The molecule has 4 N–H and O–H groups in total. The molecule has 1 unspecified atom stereocenters. The first-order valence-electron chi connectivity index (χ1n) is 14.2. The molecule has 3 aliphatic rings. The monoisotopic (exact) mass is 543 g/mol. The van der Waals surface area contributed by atoms with Crippen molar-refractivity contribution in [3.05, 3.63) is 65.2 Å². The summed E-state index contributed by atoms with van der Waals surface area (Å²) in [6, 6.07) is 6.83. The van der Waals surface area contributed by atoms with Gasteiger partial charge in [0.1, 0.15) is 28.7 Å². The molecular weight excluding hydrogens is 508 g/mol. The number of hydrazine groups is 1. The van der Waals surface area contributed by atoms with Gasteiger partial charge in [0.05, 0.1) is 11.1 Å². The lowest BCUT2D eigenvalue weighted by molar-refractivity contribution is 0.344. The smallest absolute Gasteiger partial charge is 0.175 e. The van der Waals surface area contributed by atoms with Gasteiger partial charge >= 0.3 is 0 Å². The summed E-state index contributed by atoms with van der Waals surface area (Å²) >= 11 is 0. The van der Waals surface area contributed by atoms with Crippen LogP contribution in [0.1, 0.15) is 56.0 Å². The fraction of sp³-hybridized carbons (Fsp3) is 0.387. The molecule has 3 aliphatic heterocycles. The van der Waals surface area contributed by atoms with Crippen molar-refractivity contribution in [2.75, 3.05) is 24.5 Å². The molecule has 2 aromatic heterocycles. The number of benzene rings is 2. The van der Waals surface area contributed by atoms with Gasteiger partial charge in [-0.25, -0.2) is 24.6 Å². The van der Waals surface area contributed by atoms with Gasteiger partial charge in [-0.05, 0) is 61.6 Å². The fourth-order valence-electron chi connectivity index (χ4n) is 6.26. The van der Waals surface area contributed by atoms with Gasteiger partial charge in [-0.3, -0.25) is 4.98 Å². The summed E-state index contributed by atoms with van der Waals surface area (Å²) < 4.78 is 32.1. The van der Waals surface area contributed by atoms with Crippen molar-refractivity contribution in [3.63, 3.8) is 0 Å². The molecule has 7 rings (SSSR count). The number of hydrogen-bond acceptors (Lipinski definition) is 7. The maximum atomic E-state index is 16.6. The van der Waals surface area contributed by atoms with Crippen LogP contribution in [0.3, 0.4) is 0 Å².